The Morgan fingerprint density at radius 1 is 1.33 bits per heavy atom. The molecule has 6 nitrogen and oxygen atoms in total. The van der Waals surface area contributed by atoms with Crippen LogP contribution in [0.5, 0.6) is 0 Å². The molecule has 0 aliphatic heterocycles. The van der Waals surface area contributed by atoms with E-state index in [1.807, 2.05) is 0 Å². The Bertz CT molecular complexity index is 304. The second-order valence-corrected chi connectivity index (χ2v) is 4.23. The molecule has 0 rings (SSSR count). The first-order chi connectivity index (χ1) is 8.40. The Balaban J connectivity index is 4.00. The van der Waals surface area contributed by atoms with Gasteiger partial charge in [-0.15, -0.1) is 0 Å². The molecule has 6 heteroatoms. The summed E-state index contributed by atoms with van der Waals surface area (Å²) in [6.07, 6.45) is -0.216. The predicted octanol–water partition coefficient (Wildman–Crippen LogP) is -0.177. The summed E-state index contributed by atoms with van der Waals surface area (Å²) in [6.45, 7) is 4.36. The topological polar surface area (TPSA) is 75.7 Å². The van der Waals surface area contributed by atoms with Crippen LogP contribution in [-0.4, -0.2) is 56.4 Å². The van der Waals surface area contributed by atoms with Gasteiger partial charge in [0.1, 0.15) is 6.42 Å². The van der Waals surface area contributed by atoms with Crippen LogP contribution in [-0.2, 0) is 19.1 Å². The van der Waals surface area contributed by atoms with Crippen molar-refractivity contribution in [2.24, 2.45) is 5.92 Å². The Kier molecular flexibility index (Phi) is 7.94. The molecule has 0 spiro atoms. The van der Waals surface area contributed by atoms with Crippen LogP contribution >= 0.6 is 0 Å². The summed E-state index contributed by atoms with van der Waals surface area (Å²) in [6, 6.07) is 0. The van der Waals surface area contributed by atoms with E-state index in [4.69, 9.17) is 0 Å². The molecular formula is C12H22N2O4. The van der Waals surface area contributed by atoms with Gasteiger partial charge in [-0.05, 0) is 14.0 Å². The number of hydrogen-bond acceptors (Lipinski definition) is 5. The van der Waals surface area contributed by atoms with Gasteiger partial charge in [-0.1, -0.05) is 6.92 Å². The highest BCUT2D eigenvalue weighted by Gasteiger charge is 2.17. The lowest BCUT2D eigenvalue weighted by atomic mass is 10.1. The normalized spacial score (nSPS) is 12.1. The number of amides is 1. The molecular weight excluding hydrogens is 236 g/mol. The van der Waals surface area contributed by atoms with Gasteiger partial charge >= 0.3 is 5.97 Å². The molecule has 1 N–H and O–H groups in total. The van der Waals surface area contributed by atoms with Crippen LogP contribution in [0.25, 0.3) is 0 Å². The number of carbonyl (C=O) groups is 3. The lowest BCUT2D eigenvalue weighted by Gasteiger charge is -2.19. The van der Waals surface area contributed by atoms with E-state index in [2.05, 4.69) is 10.1 Å². The number of ether oxygens (including phenoxy) is 1. The minimum Gasteiger partial charge on any atom is -0.466 e. The van der Waals surface area contributed by atoms with Crippen LogP contribution < -0.4 is 5.32 Å². The number of Topliss-reactive ketones (excluding diaryl/α,β-unsaturated/α-hetero) is 1. The average Bonchev–Trinajstić information content (AvgIpc) is 2.27. The summed E-state index contributed by atoms with van der Waals surface area (Å²) in [5.74, 6) is -0.981. The van der Waals surface area contributed by atoms with E-state index < -0.39 is 5.97 Å². The first-order valence-corrected chi connectivity index (χ1v) is 5.98. The number of esters is 1. The van der Waals surface area contributed by atoms with Crippen LogP contribution in [0, 0.1) is 5.92 Å². The highest BCUT2D eigenvalue weighted by atomic mass is 16.5. The van der Waals surface area contributed by atoms with Gasteiger partial charge in [-0.25, -0.2) is 0 Å². The first-order valence-electron chi connectivity index (χ1n) is 5.98. The standard InChI is InChI=1S/C12H22N2O4/c1-5-18-11(16)6-10(15)8-14(4)7-9(2)12(17)13-3/h9H,5-8H2,1-4H3,(H,13,17). The van der Waals surface area contributed by atoms with Crippen molar-refractivity contribution in [2.45, 2.75) is 20.3 Å². The van der Waals surface area contributed by atoms with Crippen LogP contribution in [0.1, 0.15) is 20.3 Å². The van der Waals surface area contributed by atoms with Gasteiger partial charge in [0.05, 0.1) is 13.2 Å². The summed E-state index contributed by atoms with van der Waals surface area (Å²) in [7, 11) is 3.31. The van der Waals surface area contributed by atoms with Gasteiger partial charge in [0.25, 0.3) is 0 Å². The molecule has 0 radical (unpaired) electrons. The fourth-order valence-corrected chi connectivity index (χ4v) is 1.59. The lowest BCUT2D eigenvalue weighted by Crippen LogP contribution is -2.37. The molecule has 0 aliphatic rings. The van der Waals surface area contributed by atoms with Gasteiger partial charge < -0.3 is 10.1 Å². The summed E-state index contributed by atoms with van der Waals surface area (Å²) in [5.41, 5.74) is 0. The van der Waals surface area contributed by atoms with E-state index in [9.17, 15) is 14.4 Å². The third kappa shape index (κ3) is 7.01. The number of carbonyl (C=O) groups excluding carboxylic acids is 3. The number of nitrogens with one attached hydrogen (secondary N) is 1. The average molecular weight is 258 g/mol. The van der Waals surface area contributed by atoms with Gasteiger partial charge in [0.15, 0.2) is 5.78 Å². The molecule has 18 heavy (non-hydrogen) atoms. The third-order valence-corrected chi connectivity index (χ3v) is 2.37. The van der Waals surface area contributed by atoms with Crippen LogP contribution in [0.2, 0.25) is 0 Å². The minimum atomic E-state index is -0.504. The zero-order valence-electron chi connectivity index (χ0n) is 11.5. The quantitative estimate of drug-likeness (QED) is 0.483. The zero-order valence-corrected chi connectivity index (χ0v) is 11.5. The first kappa shape index (κ1) is 16.6. The Morgan fingerprint density at radius 2 is 1.94 bits per heavy atom. The van der Waals surface area contributed by atoms with Crippen molar-refractivity contribution in [3.05, 3.63) is 0 Å². The predicted molar refractivity (Wildman–Crippen MR) is 67.0 cm³/mol. The Hall–Kier alpha value is -1.43. The Labute approximate surface area is 108 Å². The van der Waals surface area contributed by atoms with Crippen molar-refractivity contribution in [2.75, 3.05) is 33.8 Å². The van der Waals surface area contributed by atoms with Crippen LogP contribution in [0.3, 0.4) is 0 Å². The molecule has 0 heterocycles. The van der Waals surface area contributed by atoms with Crippen molar-refractivity contribution in [1.82, 2.24) is 10.2 Å². The fourth-order valence-electron chi connectivity index (χ4n) is 1.59. The monoisotopic (exact) mass is 258 g/mol. The summed E-state index contributed by atoms with van der Waals surface area (Å²) in [4.78, 5) is 35.6. The second-order valence-electron chi connectivity index (χ2n) is 4.23. The Morgan fingerprint density at radius 3 is 2.44 bits per heavy atom. The molecule has 0 aromatic carbocycles. The van der Waals surface area contributed by atoms with E-state index in [-0.39, 0.29) is 37.2 Å². The molecule has 0 aromatic rings. The molecule has 0 saturated carbocycles. The van der Waals surface area contributed by atoms with E-state index in [1.54, 1.807) is 32.8 Å². The van der Waals surface area contributed by atoms with Gasteiger partial charge in [-0.3, -0.25) is 19.3 Å². The highest BCUT2D eigenvalue weighted by molar-refractivity contribution is 5.96. The maximum absolute atomic E-state index is 11.5. The smallest absolute Gasteiger partial charge is 0.313 e. The second kappa shape index (κ2) is 8.63. The van der Waals surface area contributed by atoms with Crippen molar-refractivity contribution in [3.63, 3.8) is 0 Å². The number of rotatable bonds is 8. The number of nitrogens with zero attached hydrogens (tertiary/aromatic N) is 1. The minimum absolute atomic E-state index is 0.0697. The molecule has 104 valence electrons. The largest absolute Gasteiger partial charge is 0.466 e. The van der Waals surface area contributed by atoms with Gasteiger partial charge in [0.2, 0.25) is 5.91 Å². The van der Waals surface area contributed by atoms with Crippen molar-refractivity contribution in [3.8, 4) is 0 Å². The number of likely N-dealkylation sites (N-methyl/N-ethyl adjacent to an activating group) is 1. The summed E-state index contributed by atoms with van der Waals surface area (Å²) >= 11 is 0. The molecule has 1 atom stereocenters. The molecule has 0 aromatic heterocycles. The summed E-state index contributed by atoms with van der Waals surface area (Å²) < 4.78 is 4.69. The maximum atomic E-state index is 11.5. The van der Waals surface area contributed by atoms with Crippen LogP contribution in [0.15, 0.2) is 0 Å². The van der Waals surface area contributed by atoms with Crippen molar-refractivity contribution >= 4 is 17.7 Å². The van der Waals surface area contributed by atoms with Crippen molar-refractivity contribution < 1.29 is 19.1 Å². The number of hydrogen-bond donors (Lipinski definition) is 1. The van der Waals surface area contributed by atoms with Gasteiger partial charge in [0, 0.05) is 19.5 Å². The SMILES string of the molecule is CCOC(=O)CC(=O)CN(C)CC(C)C(=O)NC. The van der Waals surface area contributed by atoms with Crippen LogP contribution in [0.4, 0.5) is 0 Å². The molecule has 1 amide bonds. The van der Waals surface area contributed by atoms with Gasteiger partial charge in [-0.2, -0.15) is 0 Å². The lowest BCUT2D eigenvalue weighted by molar-refractivity contribution is -0.145. The van der Waals surface area contributed by atoms with E-state index in [0.29, 0.717) is 6.54 Å². The summed E-state index contributed by atoms with van der Waals surface area (Å²) in [5, 5.41) is 2.55. The third-order valence-electron chi connectivity index (χ3n) is 2.37. The molecule has 0 saturated heterocycles. The van der Waals surface area contributed by atoms with E-state index >= 15 is 0 Å². The van der Waals surface area contributed by atoms with E-state index in [1.165, 1.54) is 0 Å². The molecule has 0 fully saturated rings. The maximum Gasteiger partial charge on any atom is 0.313 e. The molecule has 0 bridgehead atoms. The van der Waals surface area contributed by atoms with E-state index in [0.717, 1.165) is 0 Å². The number of ketones is 1. The van der Waals surface area contributed by atoms with Crippen molar-refractivity contribution in [1.29, 1.82) is 0 Å². The highest BCUT2D eigenvalue weighted by Crippen LogP contribution is 1.99. The fraction of sp³-hybridized carbons (Fsp3) is 0.750. The molecule has 0 aliphatic carbocycles. The zero-order chi connectivity index (χ0) is 14.1. The molecule has 1 unspecified atom stereocenters.